The molecule has 1 atom stereocenters. The Morgan fingerprint density at radius 2 is 2.12 bits per heavy atom. The molecule has 5 nitrogen and oxygen atoms in total. The van der Waals surface area contributed by atoms with E-state index in [4.69, 9.17) is 0 Å². The van der Waals surface area contributed by atoms with Crippen LogP contribution < -0.4 is 4.90 Å². The molecular formula is C20H25FN4O. The fraction of sp³-hybridized carbons (Fsp3) is 0.450. The van der Waals surface area contributed by atoms with Gasteiger partial charge in [0.05, 0.1) is 11.3 Å². The summed E-state index contributed by atoms with van der Waals surface area (Å²) in [5.41, 5.74) is 2.89. The molecule has 1 aromatic carbocycles. The van der Waals surface area contributed by atoms with Crippen molar-refractivity contribution in [1.82, 2.24) is 14.9 Å². The average Bonchev–Trinajstić information content (AvgIpc) is 3.06. The van der Waals surface area contributed by atoms with Gasteiger partial charge in [-0.3, -0.25) is 4.79 Å². The van der Waals surface area contributed by atoms with Crippen molar-refractivity contribution >= 4 is 11.9 Å². The number of likely N-dealkylation sites (tertiary alicyclic amines) is 1. The molecule has 138 valence electrons. The third kappa shape index (κ3) is 3.84. The van der Waals surface area contributed by atoms with E-state index in [9.17, 15) is 9.18 Å². The number of rotatable bonds is 4. The number of aromatic nitrogens is 2. The van der Waals surface area contributed by atoms with Gasteiger partial charge in [0, 0.05) is 33.4 Å². The molecule has 2 heterocycles. The topological polar surface area (TPSA) is 49.3 Å². The van der Waals surface area contributed by atoms with Crippen LogP contribution in [-0.4, -0.2) is 48.0 Å². The molecule has 2 aromatic rings. The van der Waals surface area contributed by atoms with Crippen LogP contribution in [-0.2, 0) is 6.42 Å². The number of carbonyl (C=O) groups is 1. The van der Waals surface area contributed by atoms with Gasteiger partial charge in [0.15, 0.2) is 0 Å². The quantitative estimate of drug-likeness (QED) is 0.845. The second kappa shape index (κ2) is 7.40. The summed E-state index contributed by atoms with van der Waals surface area (Å²) in [6.07, 6.45) is 3.33. The summed E-state index contributed by atoms with van der Waals surface area (Å²) >= 11 is 0. The molecule has 3 rings (SSSR count). The van der Waals surface area contributed by atoms with Crippen molar-refractivity contribution in [1.29, 1.82) is 0 Å². The SMILES string of the molecule is Cc1ccc(CC2CCN(C(=O)c3cnc(N(C)C)nc3C)C2)cc1F. The highest BCUT2D eigenvalue weighted by molar-refractivity contribution is 5.95. The number of amides is 1. The van der Waals surface area contributed by atoms with Crippen LogP contribution in [0.3, 0.4) is 0 Å². The van der Waals surface area contributed by atoms with E-state index in [2.05, 4.69) is 9.97 Å². The van der Waals surface area contributed by atoms with Crippen LogP contribution in [0.1, 0.15) is 33.6 Å². The molecule has 1 unspecified atom stereocenters. The third-order valence-electron chi connectivity index (χ3n) is 4.93. The van der Waals surface area contributed by atoms with Gasteiger partial charge in [-0.15, -0.1) is 0 Å². The van der Waals surface area contributed by atoms with Gasteiger partial charge >= 0.3 is 0 Å². The summed E-state index contributed by atoms with van der Waals surface area (Å²) in [4.78, 5) is 25.1. The van der Waals surface area contributed by atoms with E-state index in [1.54, 1.807) is 19.2 Å². The molecule has 0 aliphatic carbocycles. The zero-order valence-corrected chi connectivity index (χ0v) is 15.8. The number of halogens is 1. The number of carbonyl (C=O) groups excluding carboxylic acids is 1. The van der Waals surface area contributed by atoms with Gasteiger partial charge < -0.3 is 9.80 Å². The highest BCUT2D eigenvalue weighted by Crippen LogP contribution is 2.24. The van der Waals surface area contributed by atoms with Gasteiger partial charge in [0.2, 0.25) is 5.95 Å². The average molecular weight is 356 g/mol. The number of aryl methyl sites for hydroxylation is 2. The van der Waals surface area contributed by atoms with E-state index in [1.165, 1.54) is 0 Å². The van der Waals surface area contributed by atoms with Crippen LogP contribution >= 0.6 is 0 Å². The first-order valence-electron chi connectivity index (χ1n) is 8.90. The van der Waals surface area contributed by atoms with Crippen LogP contribution in [0.25, 0.3) is 0 Å². The zero-order chi connectivity index (χ0) is 18.8. The third-order valence-corrected chi connectivity index (χ3v) is 4.93. The summed E-state index contributed by atoms with van der Waals surface area (Å²) in [6, 6.07) is 5.40. The second-order valence-electron chi connectivity index (χ2n) is 7.26. The standard InChI is InChI=1S/C20H25FN4O/c1-13-5-6-15(10-18(13)21)9-16-7-8-25(12-16)19(26)17-11-22-20(24(3)4)23-14(17)2/h5-6,10-11,16H,7-9,12H2,1-4H3. The summed E-state index contributed by atoms with van der Waals surface area (Å²) < 4.78 is 13.7. The van der Waals surface area contributed by atoms with Crippen molar-refractivity contribution in [3.05, 3.63) is 52.6 Å². The molecule has 1 aliphatic rings. The first kappa shape index (κ1) is 18.3. The second-order valence-corrected chi connectivity index (χ2v) is 7.26. The summed E-state index contributed by atoms with van der Waals surface area (Å²) in [5, 5.41) is 0. The highest BCUT2D eigenvalue weighted by Gasteiger charge is 2.28. The Kier molecular flexibility index (Phi) is 5.20. The molecule has 1 aliphatic heterocycles. The summed E-state index contributed by atoms with van der Waals surface area (Å²) in [5.74, 6) is 0.760. The Morgan fingerprint density at radius 3 is 2.77 bits per heavy atom. The lowest BCUT2D eigenvalue weighted by Gasteiger charge is -2.18. The van der Waals surface area contributed by atoms with Gasteiger partial charge in [-0.25, -0.2) is 14.4 Å². The first-order chi connectivity index (χ1) is 12.3. The van der Waals surface area contributed by atoms with Crippen molar-refractivity contribution < 1.29 is 9.18 Å². The maximum absolute atomic E-state index is 13.7. The molecule has 1 saturated heterocycles. The number of hydrogen-bond acceptors (Lipinski definition) is 4. The number of benzene rings is 1. The lowest BCUT2D eigenvalue weighted by atomic mass is 9.98. The van der Waals surface area contributed by atoms with Crippen LogP contribution in [0.2, 0.25) is 0 Å². The Morgan fingerprint density at radius 1 is 1.35 bits per heavy atom. The number of hydrogen-bond donors (Lipinski definition) is 0. The molecule has 6 heteroatoms. The van der Waals surface area contributed by atoms with E-state index < -0.39 is 0 Å². The largest absolute Gasteiger partial charge is 0.347 e. The molecule has 0 N–H and O–H groups in total. The minimum absolute atomic E-state index is 0.0228. The van der Waals surface area contributed by atoms with E-state index in [0.29, 0.717) is 41.8 Å². The fourth-order valence-electron chi connectivity index (χ4n) is 3.33. The molecule has 1 fully saturated rings. The van der Waals surface area contributed by atoms with Crippen molar-refractivity contribution in [3.63, 3.8) is 0 Å². The van der Waals surface area contributed by atoms with E-state index in [1.807, 2.05) is 43.0 Å². The molecule has 0 radical (unpaired) electrons. The lowest BCUT2D eigenvalue weighted by molar-refractivity contribution is 0.0785. The predicted molar refractivity (Wildman–Crippen MR) is 99.9 cm³/mol. The molecule has 0 spiro atoms. The molecule has 1 amide bonds. The van der Waals surface area contributed by atoms with Gasteiger partial charge in [-0.2, -0.15) is 0 Å². The minimum atomic E-state index is -0.165. The van der Waals surface area contributed by atoms with Crippen molar-refractivity contribution in [2.24, 2.45) is 5.92 Å². The fourth-order valence-corrected chi connectivity index (χ4v) is 3.33. The van der Waals surface area contributed by atoms with Crippen LogP contribution in [0, 0.1) is 25.6 Å². The number of anilines is 1. The van der Waals surface area contributed by atoms with E-state index >= 15 is 0 Å². The maximum atomic E-state index is 13.7. The minimum Gasteiger partial charge on any atom is -0.347 e. The Balaban J connectivity index is 1.66. The normalized spacial score (nSPS) is 16.8. The van der Waals surface area contributed by atoms with Crippen molar-refractivity contribution in [3.8, 4) is 0 Å². The van der Waals surface area contributed by atoms with Gasteiger partial charge in [-0.05, 0) is 49.8 Å². The van der Waals surface area contributed by atoms with Gasteiger partial charge in [0.25, 0.3) is 5.91 Å². The van der Waals surface area contributed by atoms with E-state index in [-0.39, 0.29) is 11.7 Å². The van der Waals surface area contributed by atoms with Crippen molar-refractivity contribution in [2.75, 3.05) is 32.1 Å². The molecule has 0 bridgehead atoms. The van der Waals surface area contributed by atoms with E-state index in [0.717, 1.165) is 18.4 Å². The van der Waals surface area contributed by atoms with Gasteiger partial charge in [-0.1, -0.05) is 12.1 Å². The number of nitrogens with zero attached hydrogens (tertiary/aromatic N) is 4. The maximum Gasteiger partial charge on any atom is 0.257 e. The molecule has 1 aromatic heterocycles. The molecular weight excluding hydrogens is 331 g/mol. The molecule has 26 heavy (non-hydrogen) atoms. The lowest BCUT2D eigenvalue weighted by Crippen LogP contribution is -2.30. The Labute approximate surface area is 153 Å². The Hall–Kier alpha value is -2.50. The van der Waals surface area contributed by atoms with Crippen LogP contribution in [0.15, 0.2) is 24.4 Å². The van der Waals surface area contributed by atoms with Gasteiger partial charge in [0.1, 0.15) is 5.82 Å². The Bertz CT molecular complexity index is 821. The van der Waals surface area contributed by atoms with Crippen LogP contribution in [0.5, 0.6) is 0 Å². The molecule has 0 saturated carbocycles. The first-order valence-corrected chi connectivity index (χ1v) is 8.90. The van der Waals surface area contributed by atoms with Crippen molar-refractivity contribution in [2.45, 2.75) is 26.7 Å². The highest BCUT2D eigenvalue weighted by atomic mass is 19.1. The monoisotopic (exact) mass is 356 g/mol. The smallest absolute Gasteiger partial charge is 0.257 e. The zero-order valence-electron chi connectivity index (χ0n) is 15.8. The van der Waals surface area contributed by atoms with Crippen LogP contribution in [0.4, 0.5) is 10.3 Å². The summed E-state index contributed by atoms with van der Waals surface area (Å²) in [6.45, 7) is 5.00. The summed E-state index contributed by atoms with van der Waals surface area (Å²) in [7, 11) is 3.74. The predicted octanol–water partition coefficient (Wildman–Crippen LogP) is 3.00.